The number of nitrogens with zero attached hydrogens (tertiary/aromatic N) is 2. The zero-order chi connectivity index (χ0) is 24.7. The molecule has 0 spiro atoms. The summed E-state index contributed by atoms with van der Waals surface area (Å²) in [4.78, 5) is 30.1. The Kier molecular flexibility index (Phi) is 11.4. The van der Waals surface area contributed by atoms with Gasteiger partial charge in [-0.25, -0.2) is 0 Å². The SMILES string of the molecule is CCC(=O)[C@H]1C(c2ccc(Cl)c(Cl)c2)CC2CCC1N2CCCN(CCS)CC(=O)NCCS. The number of hydrogen-bond acceptors (Lipinski definition) is 6. The Bertz CT molecular complexity index is 844. The highest BCUT2D eigenvalue weighted by molar-refractivity contribution is 7.80. The molecule has 2 aliphatic rings. The van der Waals surface area contributed by atoms with E-state index in [0.29, 0.717) is 52.9 Å². The smallest absolute Gasteiger partial charge is 0.234 e. The number of piperidine rings is 1. The minimum absolute atomic E-state index is 0.0125. The van der Waals surface area contributed by atoms with Crippen molar-refractivity contribution in [3.05, 3.63) is 33.8 Å². The summed E-state index contributed by atoms with van der Waals surface area (Å²) in [5.41, 5.74) is 1.13. The number of thiol groups is 2. The first kappa shape index (κ1) is 28.1. The van der Waals surface area contributed by atoms with Gasteiger partial charge in [0.1, 0.15) is 5.78 Å². The van der Waals surface area contributed by atoms with Crippen molar-refractivity contribution >= 4 is 60.1 Å². The Hall–Kier alpha value is -0.440. The van der Waals surface area contributed by atoms with Gasteiger partial charge in [0.05, 0.1) is 16.6 Å². The Balaban J connectivity index is 1.66. The molecule has 1 aromatic carbocycles. The second-order valence-corrected chi connectivity index (χ2v) is 11.0. The number of ketones is 1. The van der Waals surface area contributed by atoms with Gasteiger partial charge in [-0.15, -0.1) is 0 Å². The first-order valence-corrected chi connectivity index (χ1v) is 14.4. The number of halogens is 2. The molecule has 9 heteroatoms. The van der Waals surface area contributed by atoms with Crippen LogP contribution in [0.4, 0.5) is 0 Å². The van der Waals surface area contributed by atoms with E-state index in [9.17, 15) is 9.59 Å². The molecule has 3 unspecified atom stereocenters. The fourth-order valence-electron chi connectivity index (χ4n) is 5.76. The molecule has 2 fully saturated rings. The first-order valence-electron chi connectivity index (χ1n) is 12.3. The van der Waals surface area contributed by atoms with Crippen LogP contribution in [0.25, 0.3) is 0 Å². The second kappa shape index (κ2) is 13.8. The molecule has 5 nitrogen and oxygen atoms in total. The number of fused-ring (bicyclic) bond motifs is 2. The van der Waals surface area contributed by atoms with E-state index in [1.165, 1.54) is 0 Å². The molecule has 1 N–H and O–H groups in total. The summed E-state index contributed by atoms with van der Waals surface area (Å²) >= 11 is 21.0. The van der Waals surface area contributed by atoms with E-state index in [4.69, 9.17) is 23.2 Å². The van der Waals surface area contributed by atoms with Crippen LogP contribution in [0, 0.1) is 5.92 Å². The zero-order valence-corrected chi connectivity index (χ0v) is 23.2. The van der Waals surface area contributed by atoms with Gasteiger partial charge < -0.3 is 5.32 Å². The molecule has 2 bridgehead atoms. The lowest BCUT2D eigenvalue weighted by Gasteiger charge is -2.44. The minimum atomic E-state index is -0.0125. The second-order valence-electron chi connectivity index (χ2n) is 9.32. The van der Waals surface area contributed by atoms with Gasteiger partial charge in [-0.3, -0.25) is 19.4 Å². The van der Waals surface area contributed by atoms with Gasteiger partial charge in [0, 0.05) is 49.0 Å². The van der Waals surface area contributed by atoms with Gasteiger partial charge >= 0.3 is 0 Å². The summed E-state index contributed by atoms with van der Waals surface area (Å²) in [5, 5.41) is 4.00. The maximum atomic E-state index is 13.2. The summed E-state index contributed by atoms with van der Waals surface area (Å²) in [7, 11) is 0. The van der Waals surface area contributed by atoms with Crippen molar-refractivity contribution in [1.82, 2.24) is 15.1 Å². The molecule has 1 aromatic rings. The number of carbonyl (C=O) groups excluding carboxylic acids is 2. The zero-order valence-electron chi connectivity index (χ0n) is 19.9. The van der Waals surface area contributed by atoms with E-state index in [2.05, 4.69) is 40.4 Å². The Morgan fingerprint density at radius 2 is 1.94 bits per heavy atom. The van der Waals surface area contributed by atoms with E-state index < -0.39 is 0 Å². The Morgan fingerprint density at radius 3 is 2.62 bits per heavy atom. The fraction of sp³-hybridized carbons (Fsp3) is 0.680. The topological polar surface area (TPSA) is 52.7 Å². The Morgan fingerprint density at radius 1 is 1.15 bits per heavy atom. The van der Waals surface area contributed by atoms with Crippen LogP contribution in [0.3, 0.4) is 0 Å². The number of nitrogens with one attached hydrogen (secondary N) is 1. The molecule has 4 atom stereocenters. The number of Topliss-reactive ketones (excluding diaryl/α,β-unsaturated/α-hetero) is 1. The van der Waals surface area contributed by atoms with Gasteiger partial charge in [0.15, 0.2) is 0 Å². The molecule has 2 aliphatic heterocycles. The van der Waals surface area contributed by atoms with Crippen molar-refractivity contribution in [2.45, 2.75) is 57.0 Å². The molecule has 2 heterocycles. The lowest BCUT2D eigenvalue weighted by Crippen LogP contribution is -2.51. The summed E-state index contributed by atoms with van der Waals surface area (Å²) in [6.07, 6.45) is 4.67. The van der Waals surface area contributed by atoms with E-state index in [0.717, 1.165) is 50.9 Å². The van der Waals surface area contributed by atoms with Gasteiger partial charge in [0.25, 0.3) is 0 Å². The van der Waals surface area contributed by atoms with Crippen LogP contribution < -0.4 is 5.32 Å². The molecule has 3 rings (SSSR count). The largest absolute Gasteiger partial charge is 0.354 e. The first-order chi connectivity index (χ1) is 16.4. The van der Waals surface area contributed by atoms with Crippen LogP contribution in [-0.2, 0) is 9.59 Å². The highest BCUT2D eigenvalue weighted by atomic mass is 35.5. The van der Waals surface area contributed by atoms with Crippen molar-refractivity contribution in [3.63, 3.8) is 0 Å². The van der Waals surface area contributed by atoms with Gasteiger partial charge in [-0.1, -0.05) is 36.2 Å². The molecule has 1 amide bonds. The van der Waals surface area contributed by atoms with E-state index >= 15 is 0 Å². The van der Waals surface area contributed by atoms with Crippen molar-refractivity contribution in [2.75, 3.05) is 44.2 Å². The lowest BCUT2D eigenvalue weighted by atomic mass is 9.73. The third-order valence-corrected chi connectivity index (χ3v) is 8.43. The maximum absolute atomic E-state index is 13.2. The highest BCUT2D eigenvalue weighted by Crippen LogP contribution is 2.48. The number of carbonyl (C=O) groups is 2. The minimum Gasteiger partial charge on any atom is -0.354 e. The molecule has 34 heavy (non-hydrogen) atoms. The monoisotopic (exact) mass is 545 g/mol. The van der Waals surface area contributed by atoms with Crippen LogP contribution in [0.1, 0.15) is 50.5 Å². The summed E-state index contributed by atoms with van der Waals surface area (Å²) in [5.74, 6) is 1.90. The van der Waals surface area contributed by atoms with Crippen molar-refractivity contribution in [3.8, 4) is 0 Å². The van der Waals surface area contributed by atoms with E-state index in [-0.39, 0.29) is 23.8 Å². The van der Waals surface area contributed by atoms with Crippen LogP contribution in [-0.4, -0.2) is 77.8 Å². The molecular formula is C25H37Cl2N3O2S2. The van der Waals surface area contributed by atoms with Crippen LogP contribution in [0.2, 0.25) is 10.0 Å². The predicted molar refractivity (Wildman–Crippen MR) is 148 cm³/mol. The average molecular weight is 547 g/mol. The molecule has 0 saturated carbocycles. The van der Waals surface area contributed by atoms with Crippen molar-refractivity contribution in [2.24, 2.45) is 5.92 Å². The molecule has 190 valence electrons. The van der Waals surface area contributed by atoms with E-state index in [1.807, 2.05) is 25.1 Å². The van der Waals surface area contributed by atoms with Gasteiger partial charge in [-0.05, 0) is 62.4 Å². The maximum Gasteiger partial charge on any atom is 0.234 e. The van der Waals surface area contributed by atoms with Crippen molar-refractivity contribution in [1.29, 1.82) is 0 Å². The summed E-state index contributed by atoms with van der Waals surface area (Å²) in [6.45, 7) is 5.50. The van der Waals surface area contributed by atoms with Gasteiger partial charge in [-0.2, -0.15) is 25.3 Å². The molecule has 2 saturated heterocycles. The van der Waals surface area contributed by atoms with Crippen molar-refractivity contribution < 1.29 is 9.59 Å². The standard InChI is InChI=1S/C25H37Cl2N3O2S2/c1-2-23(31)25-19(17-4-6-20(26)21(27)14-17)15-18-5-7-22(25)30(18)10-3-9-29(11-13-34)16-24(32)28-8-12-33/h4,6,14,18-19,22,25,33-34H,2-3,5,7-13,15-16H2,1H3,(H,28,32)/t18?,19?,22?,25-/m0/s1. The molecule has 0 radical (unpaired) electrons. The number of hydrogen-bond donors (Lipinski definition) is 3. The lowest BCUT2D eigenvalue weighted by molar-refractivity contribution is -0.127. The molecule has 0 aromatic heterocycles. The molecular weight excluding hydrogens is 509 g/mol. The normalized spacial score (nSPS) is 24.5. The highest BCUT2D eigenvalue weighted by Gasteiger charge is 2.49. The average Bonchev–Trinajstić information content (AvgIpc) is 3.09. The van der Waals surface area contributed by atoms with Crippen LogP contribution in [0.5, 0.6) is 0 Å². The van der Waals surface area contributed by atoms with E-state index in [1.54, 1.807) is 0 Å². The summed E-state index contributed by atoms with van der Waals surface area (Å²) in [6, 6.07) is 6.58. The quantitative estimate of drug-likeness (QED) is 0.317. The van der Waals surface area contributed by atoms with Gasteiger partial charge in [0.2, 0.25) is 5.91 Å². The Labute approximate surface area is 225 Å². The van der Waals surface area contributed by atoms with Crippen LogP contribution in [0.15, 0.2) is 18.2 Å². The number of benzene rings is 1. The van der Waals surface area contributed by atoms with Crippen LogP contribution >= 0.6 is 48.5 Å². The number of amides is 1. The predicted octanol–water partition coefficient (Wildman–Crippen LogP) is 4.58. The summed E-state index contributed by atoms with van der Waals surface area (Å²) < 4.78 is 0. The third kappa shape index (κ3) is 7.07. The fourth-order valence-corrected chi connectivity index (χ4v) is 6.47. The molecule has 0 aliphatic carbocycles. The number of rotatable bonds is 13. The third-order valence-electron chi connectivity index (χ3n) is 7.26.